The van der Waals surface area contributed by atoms with E-state index in [1.165, 1.54) is 13.8 Å². The summed E-state index contributed by atoms with van der Waals surface area (Å²) in [6, 6.07) is 6.56. The van der Waals surface area contributed by atoms with Crippen molar-refractivity contribution in [1.29, 1.82) is 0 Å². The average molecular weight is 242 g/mol. The molecule has 15 heavy (non-hydrogen) atoms. The normalized spacial score (nSPS) is 10.3. The smallest absolute Gasteiger partial charge is 0.478 e. The molecule has 3 nitrogen and oxygen atoms in total. The van der Waals surface area contributed by atoms with Crippen LogP contribution in [0.15, 0.2) is 24.3 Å². The molecular formula is C10H11AlClO3+3. The number of rotatable bonds is 3. The number of carboxylic acids is 1. The van der Waals surface area contributed by atoms with Crippen LogP contribution in [0, 0.1) is 0 Å². The first-order valence-electron chi connectivity index (χ1n) is 4.10. The van der Waals surface area contributed by atoms with Gasteiger partial charge in [-0.3, -0.25) is 0 Å². The molecular weight excluding hydrogens is 231 g/mol. The van der Waals surface area contributed by atoms with Crippen molar-refractivity contribution in [2.75, 3.05) is 0 Å². The third-order valence-electron chi connectivity index (χ3n) is 1.70. The van der Waals surface area contributed by atoms with E-state index in [4.69, 9.17) is 21.4 Å². The zero-order valence-corrected chi connectivity index (χ0v) is 10.4. The van der Waals surface area contributed by atoms with E-state index in [9.17, 15) is 4.79 Å². The van der Waals surface area contributed by atoms with Gasteiger partial charge in [-0.1, -0.05) is 11.6 Å². The summed E-state index contributed by atoms with van der Waals surface area (Å²) in [5.74, 6) is -0.519. The summed E-state index contributed by atoms with van der Waals surface area (Å²) in [6.45, 7) is 2.98. The molecule has 0 unspecified atom stereocenters. The van der Waals surface area contributed by atoms with Crippen molar-refractivity contribution < 1.29 is 14.6 Å². The third kappa shape index (κ3) is 4.13. The van der Waals surface area contributed by atoms with Gasteiger partial charge < -0.3 is 9.84 Å². The Morgan fingerprint density at radius 3 is 2.20 bits per heavy atom. The number of ether oxygens (including phenoxy) is 1. The van der Waals surface area contributed by atoms with E-state index in [2.05, 4.69) is 0 Å². The van der Waals surface area contributed by atoms with Gasteiger partial charge in [0.1, 0.15) is 5.75 Å². The van der Waals surface area contributed by atoms with Crippen LogP contribution in [0.3, 0.4) is 0 Å². The van der Waals surface area contributed by atoms with Crippen molar-refractivity contribution in [1.82, 2.24) is 0 Å². The van der Waals surface area contributed by atoms with Crippen LogP contribution in [-0.4, -0.2) is 34.0 Å². The number of hydrogen-bond acceptors (Lipinski definition) is 2. The van der Waals surface area contributed by atoms with Crippen LogP contribution in [0.2, 0.25) is 5.02 Å². The molecule has 0 aliphatic carbocycles. The summed E-state index contributed by atoms with van der Waals surface area (Å²) < 4.78 is 5.26. The molecule has 5 heteroatoms. The van der Waals surface area contributed by atoms with Crippen molar-refractivity contribution >= 4 is 34.9 Å². The molecule has 0 amide bonds. The maximum Gasteiger partial charge on any atom is 3.00 e. The van der Waals surface area contributed by atoms with Crippen LogP contribution in [0.1, 0.15) is 13.8 Å². The number of carbonyl (C=O) groups is 1. The van der Waals surface area contributed by atoms with Gasteiger partial charge in [0.15, 0.2) is 5.60 Å². The van der Waals surface area contributed by atoms with Crippen LogP contribution in [0.4, 0.5) is 0 Å². The van der Waals surface area contributed by atoms with Gasteiger partial charge in [0.05, 0.1) is 0 Å². The fourth-order valence-electron chi connectivity index (χ4n) is 0.841. The second kappa shape index (κ2) is 5.41. The maximum absolute atomic E-state index is 10.7. The minimum atomic E-state index is -1.23. The Labute approximate surface area is 104 Å². The van der Waals surface area contributed by atoms with Gasteiger partial charge in [-0.15, -0.1) is 0 Å². The average Bonchev–Trinajstić information content (AvgIpc) is 2.08. The van der Waals surface area contributed by atoms with Crippen molar-refractivity contribution in [2.45, 2.75) is 19.4 Å². The van der Waals surface area contributed by atoms with Crippen LogP contribution >= 0.6 is 11.6 Å². The first-order valence-corrected chi connectivity index (χ1v) is 4.47. The molecule has 1 aromatic carbocycles. The quantitative estimate of drug-likeness (QED) is 0.826. The Morgan fingerprint density at radius 1 is 1.33 bits per heavy atom. The summed E-state index contributed by atoms with van der Waals surface area (Å²) in [6.07, 6.45) is 0. The van der Waals surface area contributed by atoms with E-state index in [0.717, 1.165) is 0 Å². The fraction of sp³-hybridized carbons (Fsp3) is 0.300. The minimum absolute atomic E-state index is 0. The zero-order valence-electron chi connectivity index (χ0n) is 8.53. The van der Waals surface area contributed by atoms with Crippen molar-refractivity contribution in [2.24, 2.45) is 0 Å². The molecule has 0 radical (unpaired) electrons. The molecule has 0 saturated carbocycles. The number of halogens is 1. The molecule has 0 aliphatic heterocycles. The molecule has 0 bridgehead atoms. The van der Waals surface area contributed by atoms with Gasteiger partial charge in [-0.2, -0.15) is 0 Å². The van der Waals surface area contributed by atoms with E-state index < -0.39 is 11.6 Å². The second-order valence-electron chi connectivity index (χ2n) is 3.37. The van der Waals surface area contributed by atoms with Crippen LogP contribution in [0.5, 0.6) is 5.75 Å². The predicted molar refractivity (Wildman–Crippen MR) is 59.5 cm³/mol. The minimum Gasteiger partial charge on any atom is -0.478 e. The number of aliphatic carboxylic acids is 1. The molecule has 1 N–H and O–H groups in total. The number of hydrogen-bond donors (Lipinski definition) is 1. The molecule has 0 aromatic heterocycles. The largest absolute Gasteiger partial charge is 3.00 e. The van der Waals surface area contributed by atoms with Crippen molar-refractivity contribution in [3.63, 3.8) is 0 Å². The Bertz CT molecular complexity index is 335. The van der Waals surface area contributed by atoms with E-state index in [1.807, 2.05) is 0 Å². The Balaban J connectivity index is 0.00000196. The van der Waals surface area contributed by atoms with Gasteiger partial charge >= 0.3 is 23.3 Å². The zero-order chi connectivity index (χ0) is 10.8. The molecule has 0 heterocycles. The first kappa shape index (κ1) is 14.3. The number of benzene rings is 1. The van der Waals surface area contributed by atoms with E-state index in [0.29, 0.717) is 10.8 Å². The first-order chi connectivity index (χ1) is 6.42. The predicted octanol–water partition coefficient (Wildman–Crippen LogP) is 2.20. The van der Waals surface area contributed by atoms with Gasteiger partial charge in [0.25, 0.3) is 0 Å². The molecule has 1 aromatic rings. The van der Waals surface area contributed by atoms with Crippen LogP contribution < -0.4 is 4.74 Å². The molecule has 0 spiro atoms. The SMILES string of the molecule is CC(C)(Oc1ccc(Cl)cc1)C(=O)O.[Al+3]. The summed E-state index contributed by atoms with van der Waals surface area (Å²) in [5.41, 5.74) is -1.23. The number of carboxylic acid groups (broad SMARTS) is 1. The standard InChI is InChI=1S/C10H11ClO3.Al/c1-10(2,9(12)13)14-8-5-3-7(11)4-6-8;/h3-6H,1-2H3,(H,12,13);/q;+3. The van der Waals surface area contributed by atoms with Gasteiger partial charge in [0, 0.05) is 5.02 Å². The van der Waals surface area contributed by atoms with Gasteiger partial charge in [0.2, 0.25) is 0 Å². The maximum atomic E-state index is 10.7. The Kier molecular flexibility index (Phi) is 5.16. The van der Waals surface area contributed by atoms with Gasteiger partial charge in [-0.25, -0.2) is 4.79 Å². The van der Waals surface area contributed by atoms with Crippen molar-refractivity contribution in [3.05, 3.63) is 29.3 Å². The summed E-state index contributed by atoms with van der Waals surface area (Å²) in [7, 11) is 0. The second-order valence-corrected chi connectivity index (χ2v) is 3.81. The third-order valence-corrected chi connectivity index (χ3v) is 1.95. The monoisotopic (exact) mass is 241 g/mol. The summed E-state index contributed by atoms with van der Waals surface area (Å²) in [5, 5.41) is 9.39. The summed E-state index contributed by atoms with van der Waals surface area (Å²) in [4.78, 5) is 10.7. The fourth-order valence-corrected chi connectivity index (χ4v) is 0.967. The molecule has 0 aliphatic rings. The van der Waals surface area contributed by atoms with Crippen LogP contribution in [-0.2, 0) is 4.79 Å². The van der Waals surface area contributed by atoms with Crippen LogP contribution in [0.25, 0.3) is 0 Å². The van der Waals surface area contributed by atoms with E-state index >= 15 is 0 Å². The Morgan fingerprint density at radius 2 is 1.80 bits per heavy atom. The molecule has 76 valence electrons. The van der Waals surface area contributed by atoms with E-state index in [1.54, 1.807) is 24.3 Å². The molecule has 0 fully saturated rings. The summed E-state index contributed by atoms with van der Waals surface area (Å²) >= 11 is 5.67. The molecule has 0 atom stereocenters. The van der Waals surface area contributed by atoms with Crippen molar-refractivity contribution in [3.8, 4) is 5.75 Å². The molecule has 0 saturated heterocycles. The topological polar surface area (TPSA) is 46.5 Å². The van der Waals surface area contributed by atoms with E-state index in [-0.39, 0.29) is 17.4 Å². The van der Waals surface area contributed by atoms with Gasteiger partial charge in [-0.05, 0) is 38.1 Å². The Hall–Kier alpha value is -0.688. The molecule has 1 rings (SSSR count).